The van der Waals surface area contributed by atoms with E-state index in [1.807, 2.05) is 32.0 Å². The molecule has 2 aromatic carbocycles. The number of methoxy groups -OCH3 is 1. The van der Waals surface area contributed by atoms with Crippen molar-refractivity contribution in [1.29, 1.82) is 0 Å². The lowest BCUT2D eigenvalue weighted by atomic mass is 9.99. The number of hydrogen-bond donors (Lipinski definition) is 1. The molecule has 28 heavy (non-hydrogen) atoms. The zero-order valence-corrected chi connectivity index (χ0v) is 16.6. The third-order valence-electron chi connectivity index (χ3n) is 5.05. The first-order chi connectivity index (χ1) is 13.3. The second kappa shape index (κ2) is 7.72. The maximum absolute atomic E-state index is 12.2. The largest absolute Gasteiger partial charge is 0.465 e. The highest BCUT2D eigenvalue weighted by molar-refractivity contribution is 6.02. The van der Waals surface area contributed by atoms with Gasteiger partial charge in [0.15, 0.2) is 0 Å². The maximum Gasteiger partial charge on any atom is 0.337 e. The van der Waals surface area contributed by atoms with Crippen LogP contribution in [0.15, 0.2) is 48.5 Å². The first-order valence-corrected chi connectivity index (χ1v) is 9.07. The minimum absolute atomic E-state index is 0.397. The van der Waals surface area contributed by atoms with Crippen molar-refractivity contribution in [3.8, 4) is 11.1 Å². The Kier molecular flexibility index (Phi) is 5.36. The van der Waals surface area contributed by atoms with Gasteiger partial charge in [0.1, 0.15) is 0 Å². The number of carbonyl (C=O) groups is 2. The minimum Gasteiger partial charge on any atom is -0.465 e. The number of aromatic nitrogens is 1. The standard InChI is InChI=1S/C23H24N2O3/c1-14-6-5-7-17(12-14)13-25-15(2)20(21(16(25)3)22(24)26)18-8-10-19(11-9-18)23(27)28-4/h5-12H,13H2,1-4H3,(H2,24,26). The number of benzene rings is 2. The molecule has 0 aliphatic rings. The summed E-state index contributed by atoms with van der Waals surface area (Å²) < 4.78 is 6.86. The van der Waals surface area contributed by atoms with Crippen LogP contribution in [-0.4, -0.2) is 23.6 Å². The number of hydrogen-bond acceptors (Lipinski definition) is 3. The van der Waals surface area contributed by atoms with E-state index in [0.717, 1.165) is 28.1 Å². The highest BCUT2D eigenvalue weighted by atomic mass is 16.5. The van der Waals surface area contributed by atoms with Gasteiger partial charge in [-0.05, 0) is 44.0 Å². The van der Waals surface area contributed by atoms with E-state index in [0.29, 0.717) is 17.7 Å². The highest BCUT2D eigenvalue weighted by Gasteiger charge is 2.23. The molecule has 0 radical (unpaired) electrons. The molecule has 0 atom stereocenters. The summed E-state index contributed by atoms with van der Waals surface area (Å²) in [7, 11) is 1.35. The molecule has 0 saturated heterocycles. The van der Waals surface area contributed by atoms with Crippen LogP contribution in [0.4, 0.5) is 0 Å². The highest BCUT2D eigenvalue weighted by Crippen LogP contribution is 2.33. The first kappa shape index (κ1) is 19.4. The molecule has 1 aromatic heterocycles. The van der Waals surface area contributed by atoms with E-state index < -0.39 is 11.9 Å². The number of carbonyl (C=O) groups excluding carboxylic acids is 2. The summed E-state index contributed by atoms with van der Waals surface area (Å²) in [5.41, 5.74) is 12.5. The zero-order chi connectivity index (χ0) is 20.4. The summed E-state index contributed by atoms with van der Waals surface area (Å²) in [6.07, 6.45) is 0. The average Bonchev–Trinajstić information content (AvgIpc) is 2.92. The van der Waals surface area contributed by atoms with Crippen molar-refractivity contribution in [3.63, 3.8) is 0 Å². The smallest absolute Gasteiger partial charge is 0.337 e. The van der Waals surface area contributed by atoms with Crippen LogP contribution in [-0.2, 0) is 11.3 Å². The normalized spacial score (nSPS) is 10.7. The fourth-order valence-corrected chi connectivity index (χ4v) is 3.66. The van der Waals surface area contributed by atoms with Gasteiger partial charge in [0, 0.05) is 23.5 Å². The number of amides is 1. The van der Waals surface area contributed by atoms with Crippen LogP contribution in [0.5, 0.6) is 0 Å². The predicted octanol–water partition coefficient (Wildman–Crippen LogP) is 4.01. The lowest BCUT2D eigenvalue weighted by Crippen LogP contribution is -2.13. The fourth-order valence-electron chi connectivity index (χ4n) is 3.66. The van der Waals surface area contributed by atoms with Crippen LogP contribution in [0.1, 0.15) is 43.2 Å². The van der Waals surface area contributed by atoms with Gasteiger partial charge in [0.25, 0.3) is 5.91 Å². The Morgan fingerprint density at radius 3 is 2.25 bits per heavy atom. The molecule has 5 nitrogen and oxygen atoms in total. The van der Waals surface area contributed by atoms with E-state index in [2.05, 4.69) is 29.7 Å². The number of nitrogens with zero attached hydrogens (tertiary/aromatic N) is 1. The third kappa shape index (κ3) is 3.56. The van der Waals surface area contributed by atoms with Gasteiger partial charge in [-0.2, -0.15) is 0 Å². The molecule has 1 heterocycles. The van der Waals surface area contributed by atoms with Gasteiger partial charge in [0.2, 0.25) is 0 Å². The van der Waals surface area contributed by atoms with Crippen LogP contribution in [0.2, 0.25) is 0 Å². The van der Waals surface area contributed by atoms with Crippen molar-refractivity contribution in [2.45, 2.75) is 27.3 Å². The zero-order valence-electron chi connectivity index (χ0n) is 16.6. The number of rotatable bonds is 5. The van der Waals surface area contributed by atoms with Gasteiger partial charge in [0.05, 0.1) is 18.2 Å². The number of ether oxygens (including phenoxy) is 1. The number of nitrogens with two attached hydrogens (primary N) is 1. The summed E-state index contributed by atoms with van der Waals surface area (Å²) in [5, 5.41) is 0. The lowest BCUT2D eigenvalue weighted by molar-refractivity contribution is 0.0600. The van der Waals surface area contributed by atoms with E-state index in [4.69, 9.17) is 10.5 Å². The molecule has 0 aliphatic carbocycles. The molecule has 0 fully saturated rings. The van der Waals surface area contributed by atoms with E-state index in [1.54, 1.807) is 12.1 Å². The van der Waals surface area contributed by atoms with Gasteiger partial charge < -0.3 is 15.0 Å². The van der Waals surface area contributed by atoms with Gasteiger partial charge in [-0.3, -0.25) is 4.79 Å². The summed E-state index contributed by atoms with van der Waals surface area (Å²) in [5.74, 6) is -0.859. The second-order valence-corrected chi connectivity index (χ2v) is 6.93. The minimum atomic E-state index is -0.462. The molecule has 0 saturated carbocycles. The van der Waals surface area contributed by atoms with Crippen LogP contribution < -0.4 is 5.73 Å². The van der Waals surface area contributed by atoms with Crippen molar-refractivity contribution < 1.29 is 14.3 Å². The van der Waals surface area contributed by atoms with Gasteiger partial charge in [-0.1, -0.05) is 42.0 Å². The summed E-state index contributed by atoms with van der Waals surface area (Å²) in [4.78, 5) is 23.9. The maximum atomic E-state index is 12.2. The molecule has 0 spiro atoms. The molecule has 0 bridgehead atoms. The first-order valence-electron chi connectivity index (χ1n) is 9.07. The van der Waals surface area contributed by atoms with E-state index in [9.17, 15) is 9.59 Å². The summed E-state index contributed by atoms with van der Waals surface area (Å²) in [6, 6.07) is 15.3. The Labute approximate surface area is 164 Å². The van der Waals surface area contributed by atoms with Crippen LogP contribution in [0, 0.1) is 20.8 Å². The van der Waals surface area contributed by atoms with Crippen molar-refractivity contribution in [1.82, 2.24) is 4.57 Å². The van der Waals surface area contributed by atoms with Gasteiger partial charge in [-0.25, -0.2) is 4.79 Å². The topological polar surface area (TPSA) is 74.3 Å². The molecule has 0 unspecified atom stereocenters. The Bertz CT molecular complexity index is 1050. The molecule has 2 N–H and O–H groups in total. The van der Waals surface area contributed by atoms with E-state index in [-0.39, 0.29) is 0 Å². The monoisotopic (exact) mass is 376 g/mol. The number of primary amides is 1. The molecule has 3 rings (SSSR count). The molecule has 0 aliphatic heterocycles. The van der Waals surface area contributed by atoms with E-state index >= 15 is 0 Å². The molecule has 3 aromatic rings. The Morgan fingerprint density at radius 1 is 1.00 bits per heavy atom. The molecule has 1 amide bonds. The molecular weight excluding hydrogens is 352 g/mol. The van der Waals surface area contributed by atoms with Crippen molar-refractivity contribution in [2.75, 3.05) is 7.11 Å². The Hall–Kier alpha value is -3.34. The predicted molar refractivity (Wildman–Crippen MR) is 109 cm³/mol. The van der Waals surface area contributed by atoms with Crippen LogP contribution >= 0.6 is 0 Å². The van der Waals surface area contributed by atoms with Gasteiger partial charge >= 0.3 is 5.97 Å². The van der Waals surface area contributed by atoms with Gasteiger partial charge in [-0.15, -0.1) is 0 Å². The summed E-state index contributed by atoms with van der Waals surface area (Å²) >= 11 is 0. The Balaban J connectivity index is 2.11. The molecule has 5 heteroatoms. The number of aryl methyl sites for hydroxylation is 1. The third-order valence-corrected chi connectivity index (χ3v) is 5.05. The molecular formula is C23H24N2O3. The quantitative estimate of drug-likeness (QED) is 0.684. The Morgan fingerprint density at radius 2 is 1.68 bits per heavy atom. The number of esters is 1. The average molecular weight is 376 g/mol. The van der Waals surface area contributed by atoms with Crippen LogP contribution in [0.25, 0.3) is 11.1 Å². The summed E-state index contributed by atoms with van der Waals surface area (Å²) in [6.45, 7) is 6.61. The van der Waals surface area contributed by atoms with Crippen molar-refractivity contribution >= 4 is 11.9 Å². The SMILES string of the molecule is COC(=O)c1ccc(-c2c(C(N)=O)c(C)n(Cc3cccc(C)c3)c2C)cc1. The van der Waals surface area contributed by atoms with Crippen molar-refractivity contribution in [3.05, 3.63) is 82.2 Å². The second-order valence-electron chi connectivity index (χ2n) is 6.93. The van der Waals surface area contributed by atoms with Crippen LogP contribution in [0.3, 0.4) is 0 Å². The lowest BCUT2D eigenvalue weighted by Gasteiger charge is -2.11. The fraction of sp³-hybridized carbons (Fsp3) is 0.217. The van der Waals surface area contributed by atoms with Crippen molar-refractivity contribution in [2.24, 2.45) is 5.73 Å². The van der Waals surface area contributed by atoms with E-state index in [1.165, 1.54) is 12.7 Å². The molecule has 144 valence electrons.